The van der Waals surface area contributed by atoms with Crippen LogP contribution in [0.25, 0.3) is 79.5 Å². The van der Waals surface area contributed by atoms with E-state index in [1.807, 2.05) is 115 Å². The number of benzene rings is 6. The number of aromatic nitrogens is 6. The third kappa shape index (κ3) is 6.46. The summed E-state index contributed by atoms with van der Waals surface area (Å²) in [5.74, 6) is 3.11. The van der Waals surface area contributed by atoms with E-state index in [2.05, 4.69) is 24.3 Å². The molecule has 7 heteroatoms. The molecule has 2 heterocycles. The molecule has 0 aliphatic carbocycles. The van der Waals surface area contributed by atoms with Crippen molar-refractivity contribution in [2.45, 2.75) is 0 Å². The van der Waals surface area contributed by atoms with Crippen LogP contribution in [0.15, 0.2) is 164 Å². The van der Waals surface area contributed by atoms with Gasteiger partial charge in [-0.05, 0) is 35.4 Å². The van der Waals surface area contributed by atoms with Gasteiger partial charge in [-0.1, -0.05) is 140 Å². The van der Waals surface area contributed by atoms with E-state index in [0.717, 1.165) is 38.9 Å². The van der Waals surface area contributed by atoms with Crippen LogP contribution in [0.1, 0.15) is 0 Å². The van der Waals surface area contributed by atoms with Crippen LogP contribution < -0.4 is 0 Å². The maximum absolute atomic E-state index is 13.7. The van der Waals surface area contributed by atoms with Crippen molar-refractivity contribution in [3.63, 3.8) is 0 Å². The zero-order valence-electron chi connectivity index (χ0n) is 26.1. The Kier molecular flexibility index (Phi) is 7.97. The molecular formula is C42H27FN6. The predicted octanol–water partition coefficient (Wildman–Crippen LogP) is 9.86. The number of nitrogens with zero attached hydrogens (tertiary/aromatic N) is 6. The van der Waals surface area contributed by atoms with Gasteiger partial charge < -0.3 is 0 Å². The van der Waals surface area contributed by atoms with Crippen LogP contribution >= 0.6 is 0 Å². The van der Waals surface area contributed by atoms with Crippen LogP contribution in [-0.4, -0.2) is 29.9 Å². The highest BCUT2D eigenvalue weighted by atomic mass is 19.1. The molecule has 8 aromatic rings. The Morgan fingerprint density at radius 1 is 0.224 bits per heavy atom. The number of hydrogen-bond donors (Lipinski definition) is 0. The summed E-state index contributed by atoms with van der Waals surface area (Å²) in [4.78, 5) is 28.8. The van der Waals surface area contributed by atoms with E-state index in [1.165, 1.54) is 12.1 Å². The molecule has 6 nitrogen and oxygen atoms in total. The van der Waals surface area contributed by atoms with Crippen LogP contribution in [0.5, 0.6) is 0 Å². The monoisotopic (exact) mass is 634 g/mol. The van der Waals surface area contributed by atoms with Gasteiger partial charge >= 0.3 is 0 Å². The third-order valence-corrected chi connectivity index (χ3v) is 8.09. The quantitative estimate of drug-likeness (QED) is 0.174. The minimum Gasteiger partial charge on any atom is -0.208 e. The first-order valence-corrected chi connectivity index (χ1v) is 15.8. The van der Waals surface area contributed by atoms with Gasteiger partial charge in [-0.3, -0.25) is 0 Å². The Balaban J connectivity index is 1.11. The molecule has 0 spiro atoms. The minimum absolute atomic E-state index is 0.313. The molecule has 0 amide bonds. The van der Waals surface area contributed by atoms with Crippen LogP contribution in [0, 0.1) is 5.82 Å². The molecule has 0 bridgehead atoms. The van der Waals surface area contributed by atoms with E-state index in [4.69, 9.17) is 29.9 Å². The van der Waals surface area contributed by atoms with Crippen molar-refractivity contribution in [3.8, 4) is 79.5 Å². The molecule has 2 aromatic heterocycles. The number of rotatable bonds is 7. The van der Waals surface area contributed by atoms with Crippen molar-refractivity contribution in [3.05, 3.63) is 170 Å². The highest BCUT2D eigenvalue weighted by molar-refractivity contribution is 5.73. The fraction of sp³-hybridized carbons (Fsp3) is 0. The summed E-state index contributed by atoms with van der Waals surface area (Å²) >= 11 is 0. The van der Waals surface area contributed by atoms with Crippen molar-refractivity contribution in [1.29, 1.82) is 0 Å². The van der Waals surface area contributed by atoms with Gasteiger partial charge in [0, 0.05) is 33.4 Å². The molecule has 0 aliphatic heterocycles. The SMILES string of the molecule is Fc1ccc(-c2nc(-c3ccccc3)nc(-c3ccc(-c4ccc(-c5nc(-c6ccccc6)nc(-c6ccccc6)n5)cc4)cc3)n2)cc1. The maximum Gasteiger partial charge on any atom is 0.164 e. The van der Waals surface area contributed by atoms with Crippen LogP contribution in [0.4, 0.5) is 4.39 Å². The fourth-order valence-electron chi connectivity index (χ4n) is 5.51. The smallest absolute Gasteiger partial charge is 0.164 e. The van der Waals surface area contributed by atoms with Gasteiger partial charge in [0.05, 0.1) is 0 Å². The van der Waals surface area contributed by atoms with Crippen LogP contribution in [0.2, 0.25) is 0 Å². The van der Waals surface area contributed by atoms with Crippen molar-refractivity contribution in [2.75, 3.05) is 0 Å². The van der Waals surface area contributed by atoms with E-state index < -0.39 is 0 Å². The Hall–Kier alpha value is -6.73. The van der Waals surface area contributed by atoms with E-state index in [-0.39, 0.29) is 5.82 Å². The summed E-state index contributed by atoms with van der Waals surface area (Å²) in [7, 11) is 0. The van der Waals surface area contributed by atoms with E-state index in [0.29, 0.717) is 40.5 Å². The summed E-state index contributed by atoms with van der Waals surface area (Å²) < 4.78 is 13.7. The van der Waals surface area contributed by atoms with Gasteiger partial charge in [0.1, 0.15) is 5.82 Å². The summed E-state index contributed by atoms with van der Waals surface area (Å²) in [6, 6.07) is 52.2. The van der Waals surface area contributed by atoms with Crippen molar-refractivity contribution >= 4 is 0 Å². The Morgan fingerprint density at radius 3 is 0.694 bits per heavy atom. The zero-order chi connectivity index (χ0) is 33.0. The van der Waals surface area contributed by atoms with Gasteiger partial charge in [-0.25, -0.2) is 34.3 Å². The van der Waals surface area contributed by atoms with E-state index in [1.54, 1.807) is 12.1 Å². The van der Waals surface area contributed by atoms with Crippen molar-refractivity contribution < 1.29 is 4.39 Å². The van der Waals surface area contributed by atoms with Gasteiger partial charge in [0.2, 0.25) is 0 Å². The Bertz CT molecular complexity index is 2290. The number of hydrogen-bond acceptors (Lipinski definition) is 6. The lowest BCUT2D eigenvalue weighted by Crippen LogP contribution is -2.00. The molecule has 49 heavy (non-hydrogen) atoms. The lowest BCUT2D eigenvalue weighted by atomic mass is 10.0. The largest absolute Gasteiger partial charge is 0.208 e. The van der Waals surface area contributed by atoms with E-state index in [9.17, 15) is 4.39 Å². The predicted molar refractivity (Wildman–Crippen MR) is 191 cm³/mol. The summed E-state index contributed by atoms with van der Waals surface area (Å²) in [5, 5.41) is 0. The second-order valence-electron chi connectivity index (χ2n) is 11.4. The van der Waals surface area contributed by atoms with Crippen LogP contribution in [-0.2, 0) is 0 Å². The average molecular weight is 635 g/mol. The Morgan fingerprint density at radius 2 is 0.429 bits per heavy atom. The first-order valence-electron chi connectivity index (χ1n) is 15.8. The lowest BCUT2D eigenvalue weighted by molar-refractivity contribution is 0.628. The molecule has 0 saturated heterocycles. The second-order valence-corrected chi connectivity index (χ2v) is 11.4. The zero-order valence-corrected chi connectivity index (χ0v) is 26.1. The molecule has 0 radical (unpaired) electrons. The van der Waals surface area contributed by atoms with Gasteiger partial charge in [-0.15, -0.1) is 0 Å². The average Bonchev–Trinajstić information content (AvgIpc) is 3.19. The lowest BCUT2D eigenvalue weighted by Gasteiger charge is -2.10. The highest BCUT2D eigenvalue weighted by Gasteiger charge is 2.14. The van der Waals surface area contributed by atoms with Crippen LogP contribution in [0.3, 0.4) is 0 Å². The first kappa shape index (κ1) is 29.7. The molecule has 0 N–H and O–H groups in total. The van der Waals surface area contributed by atoms with Gasteiger partial charge in [0.15, 0.2) is 34.9 Å². The summed E-state index contributed by atoms with van der Waals surface area (Å²) in [6.07, 6.45) is 0. The first-order chi connectivity index (χ1) is 24.2. The molecule has 0 atom stereocenters. The Labute approximate surface area is 282 Å². The fourth-order valence-corrected chi connectivity index (χ4v) is 5.51. The molecule has 232 valence electrons. The molecular weight excluding hydrogens is 608 g/mol. The van der Waals surface area contributed by atoms with E-state index >= 15 is 0 Å². The normalized spacial score (nSPS) is 11.0. The third-order valence-electron chi connectivity index (χ3n) is 8.09. The molecule has 8 rings (SSSR count). The molecule has 0 fully saturated rings. The van der Waals surface area contributed by atoms with Crippen molar-refractivity contribution in [1.82, 2.24) is 29.9 Å². The highest BCUT2D eigenvalue weighted by Crippen LogP contribution is 2.30. The minimum atomic E-state index is -0.313. The molecule has 6 aromatic carbocycles. The standard InChI is InChI=1S/C42H27FN6/c43-36-26-24-35(25-27-36)42-48-39(32-14-8-3-9-15-32)47-41(49-42)34-22-18-29(19-23-34)28-16-20-33(21-17-28)40-45-37(30-10-4-1-5-11-30)44-38(46-40)31-12-6-2-7-13-31/h1-27H. The molecule has 0 unspecified atom stereocenters. The molecule has 0 aliphatic rings. The van der Waals surface area contributed by atoms with Gasteiger partial charge in [-0.2, -0.15) is 0 Å². The topological polar surface area (TPSA) is 77.3 Å². The maximum atomic E-state index is 13.7. The van der Waals surface area contributed by atoms with Crippen molar-refractivity contribution in [2.24, 2.45) is 0 Å². The van der Waals surface area contributed by atoms with Gasteiger partial charge in [0.25, 0.3) is 0 Å². The number of halogens is 1. The summed E-state index contributed by atoms with van der Waals surface area (Å²) in [5.41, 5.74) is 7.26. The molecule has 0 saturated carbocycles. The second kappa shape index (κ2) is 13.2. The summed E-state index contributed by atoms with van der Waals surface area (Å²) in [6.45, 7) is 0.